The SMILES string of the molecule is Cc1ccc([C@@H](C)NC(=O)c2cc(-c3ccccc3C#N)cc(OCC3CNCCO3)c2C)cn1. The lowest BCUT2D eigenvalue weighted by atomic mass is 9.95. The summed E-state index contributed by atoms with van der Waals surface area (Å²) in [6.07, 6.45) is 1.71. The number of amides is 1. The molecule has 2 N–H and O–H groups in total. The molecule has 1 aliphatic rings. The molecule has 0 spiro atoms. The van der Waals surface area contributed by atoms with Gasteiger partial charge in [-0.2, -0.15) is 5.26 Å². The van der Waals surface area contributed by atoms with Crippen molar-refractivity contribution >= 4 is 5.91 Å². The fraction of sp³-hybridized carbons (Fsp3) is 0.321. The molecule has 2 aromatic carbocycles. The summed E-state index contributed by atoms with van der Waals surface area (Å²) in [4.78, 5) is 17.8. The van der Waals surface area contributed by atoms with Gasteiger partial charge in [0.25, 0.3) is 5.91 Å². The molecule has 1 aromatic heterocycles. The highest BCUT2D eigenvalue weighted by atomic mass is 16.5. The predicted molar refractivity (Wildman–Crippen MR) is 134 cm³/mol. The van der Waals surface area contributed by atoms with Gasteiger partial charge in [0.2, 0.25) is 0 Å². The van der Waals surface area contributed by atoms with Gasteiger partial charge in [0.05, 0.1) is 24.3 Å². The largest absolute Gasteiger partial charge is 0.491 e. The lowest BCUT2D eigenvalue weighted by Crippen LogP contribution is -2.41. The number of hydrogen-bond acceptors (Lipinski definition) is 6. The Morgan fingerprint density at radius 1 is 1.29 bits per heavy atom. The van der Waals surface area contributed by atoms with Crippen molar-refractivity contribution in [2.75, 3.05) is 26.3 Å². The molecule has 1 unspecified atom stereocenters. The van der Waals surface area contributed by atoms with Crippen molar-refractivity contribution in [3.8, 4) is 22.9 Å². The molecule has 1 fully saturated rings. The quantitative estimate of drug-likeness (QED) is 0.540. The van der Waals surface area contributed by atoms with Gasteiger partial charge in [-0.15, -0.1) is 0 Å². The van der Waals surface area contributed by atoms with Gasteiger partial charge in [-0.05, 0) is 61.7 Å². The molecular weight excluding hydrogens is 440 g/mol. The number of pyridine rings is 1. The van der Waals surface area contributed by atoms with E-state index in [2.05, 4.69) is 21.7 Å². The van der Waals surface area contributed by atoms with Crippen LogP contribution in [-0.4, -0.2) is 43.3 Å². The van der Waals surface area contributed by atoms with Crippen molar-refractivity contribution in [2.24, 2.45) is 0 Å². The molecule has 2 atom stereocenters. The molecule has 0 aliphatic carbocycles. The third-order valence-corrected chi connectivity index (χ3v) is 6.17. The number of benzene rings is 2. The Balaban J connectivity index is 1.66. The van der Waals surface area contributed by atoms with Gasteiger partial charge in [-0.1, -0.05) is 24.3 Å². The van der Waals surface area contributed by atoms with Crippen LogP contribution in [0.5, 0.6) is 5.75 Å². The summed E-state index contributed by atoms with van der Waals surface area (Å²) in [6, 6.07) is 17.0. The molecular formula is C28H30N4O3. The van der Waals surface area contributed by atoms with Crippen LogP contribution < -0.4 is 15.4 Å². The molecule has 1 amide bonds. The summed E-state index contributed by atoms with van der Waals surface area (Å²) in [5.74, 6) is 0.381. The van der Waals surface area contributed by atoms with Crippen molar-refractivity contribution in [2.45, 2.75) is 32.9 Å². The fourth-order valence-electron chi connectivity index (χ4n) is 4.06. The van der Waals surface area contributed by atoms with Crippen molar-refractivity contribution < 1.29 is 14.3 Å². The van der Waals surface area contributed by atoms with Crippen LogP contribution in [0, 0.1) is 25.2 Å². The minimum atomic E-state index is -0.226. The molecule has 2 heterocycles. The molecule has 0 radical (unpaired) electrons. The van der Waals surface area contributed by atoms with Gasteiger partial charge in [-0.25, -0.2) is 0 Å². The number of rotatable bonds is 7. The number of nitriles is 1. The summed E-state index contributed by atoms with van der Waals surface area (Å²) >= 11 is 0. The van der Waals surface area contributed by atoms with Gasteiger partial charge in [-0.3, -0.25) is 9.78 Å². The highest BCUT2D eigenvalue weighted by Crippen LogP contribution is 2.32. The van der Waals surface area contributed by atoms with Crippen LogP contribution in [0.15, 0.2) is 54.7 Å². The maximum Gasteiger partial charge on any atom is 0.252 e. The summed E-state index contributed by atoms with van der Waals surface area (Å²) in [6.45, 7) is 8.28. The molecule has 0 bridgehead atoms. The monoisotopic (exact) mass is 470 g/mol. The highest BCUT2D eigenvalue weighted by molar-refractivity contribution is 5.98. The Morgan fingerprint density at radius 3 is 2.83 bits per heavy atom. The first-order chi connectivity index (χ1) is 17.0. The molecule has 35 heavy (non-hydrogen) atoms. The number of ether oxygens (including phenoxy) is 2. The fourth-order valence-corrected chi connectivity index (χ4v) is 4.06. The number of nitrogens with one attached hydrogen (secondary N) is 2. The first-order valence-corrected chi connectivity index (χ1v) is 11.8. The third kappa shape index (κ3) is 5.86. The van der Waals surface area contributed by atoms with Crippen molar-refractivity contribution in [1.29, 1.82) is 5.26 Å². The Labute approximate surface area is 206 Å². The van der Waals surface area contributed by atoms with Gasteiger partial charge >= 0.3 is 0 Å². The average Bonchev–Trinajstić information content (AvgIpc) is 2.89. The van der Waals surface area contributed by atoms with Gasteiger partial charge in [0.15, 0.2) is 0 Å². The lowest BCUT2D eigenvalue weighted by Gasteiger charge is -2.24. The maximum atomic E-state index is 13.4. The normalized spacial score (nSPS) is 16.2. The Morgan fingerprint density at radius 2 is 2.11 bits per heavy atom. The first kappa shape index (κ1) is 24.4. The second-order valence-electron chi connectivity index (χ2n) is 8.74. The van der Waals surface area contributed by atoms with E-state index in [1.165, 1.54) is 0 Å². The number of nitrogens with zero attached hydrogens (tertiary/aromatic N) is 2. The minimum Gasteiger partial charge on any atom is -0.491 e. The Kier molecular flexibility index (Phi) is 7.76. The molecule has 1 aliphatic heterocycles. The van der Waals surface area contributed by atoms with E-state index in [0.717, 1.165) is 34.5 Å². The maximum absolute atomic E-state index is 13.4. The van der Waals surface area contributed by atoms with Crippen molar-refractivity contribution in [3.63, 3.8) is 0 Å². The number of carbonyl (C=O) groups is 1. The molecule has 1 saturated heterocycles. The van der Waals surface area contributed by atoms with Gasteiger partial charge in [0, 0.05) is 36.1 Å². The van der Waals surface area contributed by atoms with E-state index in [-0.39, 0.29) is 18.1 Å². The average molecular weight is 471 g/mol. The van der Waals surface area contributed by atoms with Crippen LogP contribution in [0.4, 0.5) is 0 Å². The zero-order chi connectivity index (χ0) is 24.8. The van der Waals surface area contributed by atoms with Crippen LogP contribution in [0.1, 0.15) is 45.7 Å². The smallest absolute Gasteiger partial charge is 0.252 e. The first-order valence-electron chi connectivity index (χ1n) is 11.8. The van der Waals surface area contributed by atoms with E-state index in [4.69, 9.17) is 9.47 Å². The topological polar surface area (TPSA) is 96.3 Å². The van der Waals surface area contributed by atoms with Crippen LogP contribution in [0.3, 0.4) is 0 Å². The Hall–Kier alpha value is -3.73. The molecule has 4 rings (SSSR count). The van der Waals surface area contributed by atoms with E-state index in [1.54, 1.807) is 12.3 Å². The Bertz CT molecular complexity index is 1230. The zero-order valence-corrected chi connectivity index (χ0v) is 20.3. The van der Waals surface area contributed by atoms with E-state index in [9.17, 15) is 10.1 Å². The third-order valence-electron chi connectivity index (χ3n) is 6.17. The standard InChI is InChI=1S/C28H30N4O3/c1-18-8-9-22(15-31-18)20(3)32-28(33)26-12-23(25-7-5-4-6-21(25)14-29)13-27(19(26)2)35-17-24-16-30-10-11-34-24/h4-9,12-13,15,20,24,30H,10-11,16-17H2,1-3H3,(H,32,33)/t20-,24?/m1/s1. The summed E-state index contributed by atoms with van der Waals surface area (Å²) in [5.41, 5.74) is 5.11. The van der Waals surface area contributed by atoms with E-state index < -0.39 is 0 Å². The molecule has 0 saturated carbocycles. The van der Waals surface area contributed by atoms with Gasteiger partial charge < -0.3 is 20.1 Å². The number of hydrogen-bond donors (Lipinski definition) is 2. The minimum absolute atomic E-state index is 0.0652. The van der Waals surface area contributed by atoms with E-state index in [1.807, 2.05) is 63.2 Å². The zero-order valence-electron chi connectivity index (χ0n) is 20.3. The van der Waals surface area contributed by atoms with E-state index in [0.29, 0.717) is 36.6 Å². The molecule has 7 nitrogen and oxygen atoms in total. The van der Waals surface area contributed by atoms with Crippen molar-refractivity contribution in [1.82, 2.24) is 15.6 Å². The van der Waals surface area contributed by atoms with E-state index >= 15 is 0 Å². The van der Waals surface area contributed by atoms with Crippen molar-refractivity contribution in [3.05, 3.63) is 82.7 Å². The lowest BCUT2D eigenvalue weighted by molar-refractivity contribution is 0.0000645. The number of morpholine rings is 1. The predicted octanol–water partition coefficient (Wildman–Crippen LogP) is 4.10. The van der Waals surface area contributed by atoms with Crippen LogP contribution in [0.2, 0.25) is 0 Å². The second kappa shape index (κ2) is 11.1. The number of aromatic nitrogens is 1. The van der Waals surface area contributed by atoms with Crippen LogP contribution in [-0.2, 0) is 4.74 Å². The molecule has 3 aromatic rings. The van der Waals surface area contributed by atoms with Gasteiger partial charge in [0.1, 0.15) is 18.5 Å². The highest BCUT2D eigenvalue weighted by Gasteiger charge is 2.21. The van der Waals surface area contributed by atoms with Crippen LogP contribution >= 0.6 is 0 Å². The number of aryl methyl sites for hydroxylation is 1. The summed E-state index contributed by atoms with van der Waals surface area (Å²) < 4.78 is 11.9. The molecule has 7 heteroatoms. The molecule has 180 valence electrons. The summed E-state index contributed by atoms with van der Waals surface area (Å²) in [5, 5.41) is 16.0. The second-order valence-corrected chi connectivity index (χ2v) is 8.74. The van der Waals surface area contributed by atoms with Crippen LogP contribution in [0.25, 0.3) is 11.1 Å². The summed E-state index contributed by atoms with van der Waals surface area (Å²) in [7, 11) is 0. The number of carbonyl (C=O) groups excluding carboxylic acids is 1.